The Morgan fingerprint density at radius 3 is 2.37 bits per heavy atom. The molecule has 1 rings (SSSR count). The summed E-state index contributed by atoms with van der Waals surface area (Å²) in [6, 6.07) is 9.87. The zero-order valence-corrected chi connectivity index (χ0v) is 12.4. The molecule has 3 heteroatoms. The maximum absolute atomic E-state index is 12.8. The summed E-state index contributed by atoms with van der Waals surface area (Å²) >= 11 is 0. The number of carbonyl (C=O) groups is 1. The molecule has 0 aromatic heterocycles. The molecule has 106 valence electrons. The second-order valence-corrected chi connectivity index (χ2v) is 5.26. The zero-order chi connectivity index (χ0) is 14.3. The number of hydrogen-bond donors (Lipinski definition) is 1. The molecule has 1 amide bonds. The maximum Gasteiger partial charge on any atom is 0.234 e. The van der Waals surface area contributed by atoms with Gasteiger partial charge < -0.3 is 10.6 Å². The van der Waals surface area contributed by atoms with Gasteiger partial charge in [-0.2, -0.15) is 0 Å². The normalized spacial score (nSPS) is 13.9. The summed E-state index contributed by atoms with van der Waals surface area (Å²) in [6.45, 7) is 7.26. The van der Waals surface area contributed by atoms with Gasteiger partial charge in [0.1, 0.15) is 0 Å². The van der Waals surface area contributed by atoms with Crippen molar-refractivity contribution < 1.29 is 4.79 Å². The highest BCUT2D eigenvalue weighted by molar-refractivity contribution is 5.97. The van der Waals surface area contributed by atoms with Gasteiger partial charge in [0.05, 0.1) is 5.41 Å². The van der Waals surface area contributed by atoms with E-state index >= 15 is 0 Å². The predicted molar refractivity (Wildman–Crippen MR) is 81.2 cm³/mol. The van der Waals surface area contributed by atoms with Crippen LogP contribution in [0.1, 0.15) is 40.0 Å². The first-order valence-corrected chi connectivity index (χ1v) is 7.16. The standard InChI is InChI=1S/C16H26N2O/c1-4-6-12-18(14-10-8-7-9-11-14)15(19)16(3,5-2)13-17/h7-11H,4-6,12-13,17H2,1-3H3. The van der Waals surface area contributed by atoms with Crippen molar-refractivity contribution in [2.75, 3.05) is 18.0 Å². The van der Waals surface area contributed by atoms with Gasteiger partial charge in [-0.25, -0.2) is 0 Å². The largest absolute Gasteiger partial charge is 0.329 e. The molecule has 0 saturated heterocycles. The molecule has 1 atom stereocenters. The highest BCUT2D eigenvalue weighted by Gasteiger charge is 2.34. The molecule has 2 N–H and O–H groups in total. The van der Waals surface area contributed by atoms with Crippen molar-refractivity contribution in [3.8, 4) is 0 Å². The number of hydrogen-bond acceptors (Lipinski definition) is 2. The topological polar surface area (TPSA) is 46.3 Å². The van der Waals surface area contributed by atoms with Gasteiger partial charge in [0.2, 0.25) is 5.91 Å². The highest BCUT2D eigenvalue weighted by atomic mass is 16.2. The van der Waals surface area contributed by atoms with Gasteiger partial charge in [-0.05, 0) is 31.9 Å². The molecular weight excluding hydrogens is 236 g/mol. The number of nitrogens with zero attached hydrogens (tertiary/aromatic N) is 1. The minimum atomic E-state index is -0.469. The van der Waals surface area contributed by atoms with E-state index in [9.17, 15) is 4.79 Å². The first-order valence-electron chi connectivity index (χ1n) is 7.16. The lowest BCUT2D eigenvalue weighted by molar-refractivity contribution is -0.127. The Hall–Kier alpha value is -1.35. The number of carbonyl (C=O) groups excluding carboxylic acids is 1. The van der Waals surface area contributed by atoms with E-state index in [0.29, 0.717) is 6.54 Å². The van der Waals surface area contributed by atoms with Crippen LogP contribution in [0.5, 0.6) is 0 Å². The molecule has 0 fully saturated rings. The summed E-state index contributed by atoms with van der Waals surface area (Å²) in [6.07, 6.45) is 2.84. The first kappa shape index (κ1) is 15.7. The van der Waals surface area contributed by atoms with Gasteiger partial charge in [0, 0.05) is 18.8 Å². The van der Waals surface area contributed by atoms with E-state index < -0.39 is 5.41 Å². The number of benzene rings is 1. The number of amides is 1. The maximum atomic E-state index is 12.8. The van der Waals surface area contributed by atoms with Crippen molar-refractivity contribution >= 4 is 11.6 Å². The summed E-state index contributed by atoms with van der Waals surface area (Å²) in [7, 11) is 0. The Balaban J connectivity index is 3.00. The molecule has 0 aliphatic rings. The summed E-state index contributed by atoms with van der Waals surface area (Å²) in [4.78, 5) is 14.7. The van der Waals surface area contributed by atoms with Gasteiger partial charge in [0.15, 0.2) is 0 Å². The number of nitrogens with two attached hydrogens (primary N) is 1. The fourth-order valence-corrected chi connectivity index (χ4v) is 1.98. The Labute approximate surface area is 116 Å². The van der Waals surface area contributed by atoms with E-state index in [0.717, 1.165) is 31.5 Å². The molecule has 1 aromatic rings. The van der Waals surface area contributed by atoms with Crippen LogP contribution in [-0.4, -0.2) is 19.0 Å². The third-order valence-electron chi connectivity index (χ3n) is 3.80. The van der Waals surface area contributed by atoms with Crippen LogP contribution >= 0.6 is 0 Å². The van der Waals surface area contributed by atoms with Gasteiger partial charge in [-0.1, -0.05) is 38.5 Å². The third-order valence-corrected chi connectivity index (χ3v) is 3.80. The molecule has 0 saturated carbocycles. The highest BCUT2D eigenvalue weighted by Crippen LogP contribution is 2.26. The third kappa shape index (κ3) is 3.80. The molecule has 3 nitrogen and oxygen atoms in total. The Morgan fingerprint density at radius 2 is 1.89 bits per heavy atom. The Kier molecular flexibility index (Phi) is 6.03. The molecule has 1 aromatic carbocycles. The summed E-state index contributed by atoms with van der Waals surface area (Å²) in [5, 5.41) is 0. The lowest BCUT2D eigenvalue weighted by Crippen LogP contribution is -2.46. The fraction of sp³-hybridized carbons (Fsp3) is 0.562. The van der Waals surface area contributed by atoms with Crippen molar-refractivity contribution in [1.82, 2.24) is 0 Å². The van der Waals surface area contributed by atoms with E-state index in [4.69, 9.17) is 5.73 Å². The van der Waals surface area contributed by atoms with Crippen LogP contribution in [0, 0.1) is 5.41 Å². The van der Waals surface area contributed by atoms with Crippen molar-refractivity contribution in [3.05, 3.63) is 30.3 Å². The molecule has 1 unspecified atom stereocenters. The van der Waals surface area contributed by atoms with Crippen molar-refractivity contribution in [3.63, 3.8) is 0 Å². The van der Waals surface area contributed by atoms with E-state index in [1.54, 1.807) is 0 Å². The molecular formula is C16H26N2O. The van der Waals surface area contributed by atoms with Crippen LogP contribution in [0.2, 0.25) is 0 Å². The minimum absolute atomic E-state index is 0.136. The summed E-state index contributed by atoms with van der Waals surface area (Å²) < 4.78 is 0. The van der Waals surface area contributed by atoms with Crippen LogP contribution < -0.4 is 10.6 Å². The van der Waals surface area contributed by atoms with E-state index in [-0.39, 0.29) is 5.91 Å². The number of para-hydroxylation sites is 1. The fourth-order valence-electron chi connectivity index (χ4n) is 1.98. The molecule has 19 heavy (non-hydrogen) atoms. The molecule has 0 radical (unpaired) electrons. The van der Waals surface area contributed by atoms with Crippen LogP contribution in [0.15, 0.2) is 30.3 Å². The van der Waals surface area contributed by atoms with Crippen LogP contribution in [0.25, 0.3) is 0 Å². The number of rotatable bonds is 7. The zero-order valence-electron chi connectivity index (χ0n) is 12.4. The summed E-state index contributed by atoms with van der Waals surface area (Å²) in [5.74, 6) is 0.136. The molecule has 0 spiro atoms. The first-order chi connectivity index (χ1) is 9.09. The van der Waals surface area contributed by atoms with E-state index in [2.05, 4.69) is 6.92 Å². The Bertz CT molecular complexity index is 385. The van der Waals surface area contributed by atoms with Crippen molar-refractivity contribution in [1.29, 1.82) is 0 Å². The second-order valence-electron chi connectivity index (χ2n) is 5.26. The Morgan fingerprint density at radius 1 is 1.26 bits per heavy atom. The average molecular weight is 262 g/mol. The molecule has 0 heterocycles. The number of anilines is 1. The van der Waals surface area contributed by atoms with Gasteiger partial charge >= 0.3 is 0 Å². The van der Waals surface area contributed by atoms with Crippen LogP contribution in [0.3, 0.4) is 0 Å². The number of unbranched alkanes of at least 4 members (excludes halogenated alkanes) is 1. The molecule has 0 bridgehead atoms. The van der Waals surface area contributed by atoms with Crippen LogP contribution in [-0.2, 0) is 4.79 Å². The summed E-state index contributed by atoms with van der Waals surface area (Å²) in [5.41, 5.74) is 6.31. The predicted octanol–water partition coefficient (Wildman–Crippen LogP) is 3.19. The SMILES string of the molecule is CCCCN(C(=O)C(C)(CC)CN)c1ccccc1. The van der Waals surface area contributed by atoms with E-state index in [1.807, 2.05) is 49.1 Å². The van der Waals surface area contributed by atoms with Crippen molar-refractivity contribution in [2.45, 2.75) is 40.0 Å². The lowest BCUT2D eigenvalue weighted by Gasteiger charge is -2.33. The van der Waals surface area contributed by atoms with Crippen molar-refractivity contribution in [2.24, 2.45) is 11.1 Å². The smallest absolute Gasteiger partial charge is 0.234 e. The van der Waals surface area contributed by atoms with Gasteiger partial charge in [-0.3, -0.25) is 4.79 Å². The average Bonchev–Trinajstić information content (AvgIpc) is 2.47. The lowest BCUT2D eigenvalue weighted by atomic mass is 9.85. The van der Waals surface area contributed by atoms with Gasteiger partial charge in [0.25, 0.3) is 0 Å². The molecule has 0 aliphatic carbocycles. The van der Waals surface area contributed by atoms with Gasteiger partial charge in [-0.15, -0.1) is 0 Å². The van der Waals surface area contributed by atoms with E-state index in [1.165, 1.54) is 0 Å². The van der Waals surface area contributed by atoms with Crippen LogP contribution in [0.4, 0.5) is 5.69 Å². The minimum Gasteiger partial charge on any atom is -0.329 e. The monoisotopic (exact) mass is 262 g/mol. The molecule has 0 aliphatic heterocycles. The second kappa shape index (κ2) is 7.29. The quantitative estimate of drug-likeness (QED) is 0.820.